The monoisotopic (exact) mass is 339 g/mol. The molecule has 0 saturated carbocycles. The van der Waals surface area contributed by atoms with E-state index in [2.05, 4.69) is 12.2 Å². The number of fused-ring (bicyclic) bond motifs is 3. The van der Waals surface area contributed by atoms with Crippen LogP contribution in [0.3, 0.4) is 0 Å². The molecule has 1 aromatic carbocycles. The van der Waals surface area contributed by atoms with Crippen molar-refractivity contribution in [1.82, 2.24) is 0 Å². The maximum Gasteiger partial charge on any atom is 0.416 e. The average Bonchev–Trinajstić information content (AvgIpc) is 2.98. The van der Waals surface area contributed by atoms with Crippen LogP contribution in [0, 0.1) is 11.8 Å². The Morgan fingerprint density at radius 1 is 1.25 bits per heavy atom. The number of hydrogen-bond donors (Lipinski definition) is 1. The Morgan fingerprint density at radius 2 is 2.08 bits per heavy atom. The minimum Gasteiger partial charge on any atom is -0.496 e. The molecule has 6 heteroatoms. The van der Waals surface area contributed by atoms with Crippen molar-refractivity contribution in [2.75, 3.05) is 11.9 Å². The summed E-state index contributed by atoms with van der Waals surface area (Å²) in [6, 6.07) is 3.92. The zero-order chi connectivity index (χ0) is 16.9. The molecule has 4 rings (SSSR count). The lowest BCUT2D eigenvalue weighted by molar-refractivity contribution is -0.137. The lowest BCUT2D eigenvalue weighted by Gasteiger charge is -2.45. The molecule has 24 heavy (non-hydrogen) atoms. The molecule has 0 bridgehead atoms. The molecule has 0 radical (unpaired) electrons. The molecule has 1 aromatic rings. The second kappa shape index (κ2) is 5.69. The van der Waals surface area contributed by atoms with Crippen molar-refractivity contribution < 1.29 is 22.6 Å². The molecule has 3 nitrogen and oxygen atoms in total. The Hall–Kier alpha value is -1.69. The van der Waals surface area contributed by atoms with Gasteiger partial charge >= 0.3 is 6.18 Å². The lowest BCUT2D eigenvalue weighted by Crippen LogP contribution is -2.49. The maximum atomic E-state index is 13.1. The van der Waals surface area contributed by atoms with Crippen molar-refractivity contribution in [2.45, 2.75) is 44.2 Å². The van der Waals surface area contributed by atoms with Crippen molar-refractivity contribution in [3.63, 3.8) is 0 Å². The summed E-state index contributed by atoms with van der Waals surface area (Å²) >= 11 is 0. The zero-order valence-corrected chi connectivity index (χ0v) is 13.3. The van der Waals surface area contributed by atoms with E-state index in [0.29, 0.717) is 12.2 Å². The molecule has 3 aliphatic rings. The Morgan fingerprint density at radius 3 is 2.79 bits per heavy atom. The van der Waals surface area contributed by atoms with Gasteiger partial charge in [0.25, 0.3) is 0 Å². The van der Waals surface area contributed by atoms with Gasteiger partial charge in [-0.25, -0.2) is 0 Å². The highest BCUT2D eigenvalue weighted by Gasteiger charge is 2.46. The van der Waals surface area contributed by atoms with Crippen LogP contribution in [-0.4, -0.2) is 18.8 Å². The number of nitrogens with one attached hydrogen (secondary N) is 1. The third kappa shape index (κ3) is 2.57. The van der Waals surface area contributed by atoms with Crippen LogP contribution in [-0.2, 0) is 15.7 Å². The van der Waals surface area contributed by atoms with Crippen LogP contribution >= 0.6 is 0 Å². The third-order valence-corrected chi connectivity index (χ3v) is 5.33. The molecule has 0 amide bonds. The molecule has 130 valence electrons. The number of rotatable bonds is 1. The first-order valence-corrected chi connectivity index (χ1v) is 8.36. The van der Waals surface area contributed by atoms with E-state index in [1.807, 2.05) is 6.08 Å². The first-order chi connectivity index (χ1) is 11.4. The van der Waals surface area contributed by atoms with Crippen molar-refractivity contribution in [2.24, 2.45) is 11.8 Å². The summed E-state index contributed by atoms with van der Waals surface area (Å²) in [5, 5.41) is 3.43. The van der Waals surface area contributed by atoms with Gasteiger partial charge in [-0.2, -0.15) is 13.2 Å². The molecule has 5 atom stereocenters. The van der Waals surface area contributed by atoms with Gasteiger partial charge in [0.1, 0.15) is 6.10 Å². The number of ether oxygens (including phenoxy) is 2. The van der Waals surface area contributed by atoms with Gasteiger partial charge in [0.15, 0.2) is 0 Å². The van der Waals surface area contributed by atoms with Crippen LogP contribution in [0.15, 0.2) is 30.5 Å². The molecule has 1 saturated heterocycles. The Labute approximate surface area is 138 Å². The van der Waals surface area contributed by atoms with Gasteiger partial charge in [0, 0.05) is 29.7 Å². The molecule has 2 unspecified atom stereocenters. The van der Waals surface area contributed by atoms with Gasteiger partial charge in [-0.05, 0) is 37.1 Å². The largest absolute Gasteiger partial charge is 0.496 e. The Balaban J connectivity index is 1.72. The zero-order valence-electron chi connectivity index (χ0n) is 13.3. The van der Waals surface area contributed by atoms with E-state index >= 15 is 0 Å². The van der Waals surface area contributed by atoms with Crippen LogP contribution in [0.5, 0.6) is 0 Å². The molecule has 0 spiro atoms. The first kappa shape index (κ1) is 15.8. The van der Waals surface area contributed by atoms with Crippen LogP contribution in [0.2, 0.25) is 0 Å². The smallest absolute Gasteiger partial charge is 0.416 e. The van der Waals surface area contributed by atoms with Crippen LogP contribution in [0.1, 0.15) is 37.0 Å². The molecule has 3 heterocycles. The van der Waals surface area contributed by atoms with Crippen LogP contribution in [0.4, 0.5) is 18.9 Å². The fraction of sp³-hybridized carbons (Fsp3) is 0.556. The molecule has 0 aromatic heterocycles. The number of benzene rings is 1. The fourth-order valence-corrected chi connectivity index (χ4v) is 4.12. The van der Waals surface area contributed by atoms with Gasteiger partial charge < -0.3 is 14.8 Å². The number of alkyl halides is 3. The summed E-state index contributed by atoms with van der Waals surface area (Å²) in [6.07, 6.45) is 0.912. The van der Waals surface area contributed by atoms with E-state index in [1.165, 1.54) is 12.1 Å². The van der Waals surface area contributed by atoms with E-state index in [1.54, 1.807) is 6.26 Å². The molecule has 1 N–H and O–H groups in total. The minimum absolute atomic E-state index is 0.0188. The normalized spacial score (nSPS) is 34.9. The highest BCUT2D eigenvalue weighted by Crippen LogP contribution is 2.47. The molecule has 1 fully saturated rings. The van der Waals surface area contributed by atoms with Crippen LogP contribution in [0.25, 0.3) is 0 Å². The average molecular weight is 339 g/mol. The molecule has 0 aliphatic carbocycles. The predicted octanol–water partition coefficient (Wildman–Crippen LogP) is 4.52. The van der Waals surface area contributed by atoms with E-state index in [4.69, 9.17) is 9.47 Å². The minimum atomic E-state index is -4.34. The van der Waals surface area contributed by atoms with Gasteiger partial charge in [-0.15, -0.1) is 0 Å². The van der Waals surface area contributed by atoms with E-state index in [-0.39, 0.29) is 30.1 Å². The fourth-order valence-electron chi connectivity index (χ4n) is 4.12. The molecule has 3 aliphatic heterocycles. The third-order valence-electron chi connectivity index (χ3n) is 5.33. The van der Waals surface area contributed by atoms with Gasteiger partial charge in [-0.3, -0.25) is 0 Å². The number of hydrogen-bond acceptors (Lipinski definition) is 3. The topological polar surface area (TPSA) is 30.5 Å². The maximum absolute atomic E-state index is 13.1. The summed E-state index contributed by atoms with van der Waals surface area (Å²) in [7, 11) is 0. The van der Waals surface area contributed by atoms with Gasteiger partial charge in [0.2, 0.25) is 0 Å². The van der Waals surface area contributed by atoms with Crippen LogP contribution < -0.4 is 5.32 Å². The summed E-state index contributed by atoms with van der Waals surface area (Å²) < 4.78 is 50.9. The van der Waals surface area contributed by atoms with Crippen molar-refractivity contribution in [3.8, 4) is 0 Å². The number of halogens is 3. The Bertz CT molecular complexity index is 658. The highest BCUT2D eigenvalue weighted by molar-refractivity contribution is 5.58. The van der Waals surface area contributed by atoms with E-state index < -0.39 is 11.7 Å². The van der Waals surface area contributed by atoms with Gasteiger partial charge in [-0.1, -0.05) is 6.92 Å². The number of anilines is 1. The standard InChI is InChI=1S/C18H20F3NO2/c1-10-6-8-24-16(10)15-12-3-2-7-23-17(12)13-9-11(18(19,20)21)4-5-14(13)22-15/h4-6,8-10,12,15-17,22H,2-3,7H2,1H3/t10?,12-,15+,16?,17-/m0/s1. The predicted molar refractivity (Wildman–Crippen MR) is 83.4 cm³/mol. The molecular formula is C18H20F3NO2. The van der Waals surface area contributed by atoms with Crippen molar-refractivity contribution in [1.29, 1.82) is 0 Å². The second-order valence-electron chi connectivity index (χ2n) is 6.86. The second-order valence-corrected chi connectivity index (χ2v) is 6.86. The van der Waals surface area contributed by atoms with E-state index in [9.17, 15) is 13.2 Å². The quantitative estimate of drug-likeness (QED) is 0.816. The van der Waals surface area contributed by atoms with Crippen molar-refractivity contribution in [3.05, 3.63) is 41.7 Å². The first-order valence-electron chi connectivity index (χ1n) is 8.36. The SMILES string of the molecule is CC1C=COC1[C@@H]1Nc2ccc(C(F)(F)F)cc2[C@H]2OCCC[C@H]21. The highest BCUT2D eigenvalue weighted by atomic mass is 19.4. The lowest BCUT2D eigenvalue weighted by atomic mass is 9.76. The summed E-state index contributed by atoms with van der Waals surface area (Å²) in [5.74, 6) is 0.378. The summed E-state index contributed by atoms with van der Waals surface area (Å²) in [4.78, 5) is 0. The van der Waals surface area contributed by atoms with Gasteiger partial charge in [0.05, 0.1) is 24.0 Å². The van der Waals surface area contributed by atoms with E-state index in [0.717, 1.165) is 24.6 Å². The summed E-state index contributed by atoms with van der Waals surface area (Å²) in [5.41, 5.74) is 0.713. The Kier molecular flexibility index (Phi) is 3.75. The summed E-state index contributed by atoms with van der Waals surface area (Å²) in [6.45, 7) is 2.68. The molecular weight excluding hydrogens is 319 g/mol. The van der Waals surface area contributed by atoms with Crippen molar-refractivity contribution >= 4 is 5.69 Å².